The van der Waals surface area contributed by atoms with E-state index in [4.69, 9.17) is 4.74 Å². The normalized spacial score (nSPS) is 18.0. The molecule has 1 N–H and O–H groups in total. The van der Waals surface area contributed by atoms with Gasteiger partial charge in [-0.25, -0.2) is 13.6 Å². The molecule has 5 nitrogen and oxygen atoms in total. The van der Waals surface area contributed by atoms with Gasteiger partial charge in [-0.3, -0.25) is 4.79 Å². The van der Waals surface area contributed by atoms with Gasteiger partial charge in [0, 0.05) is 25.2 Å². The lowest BCUT2D eigenvalue weighted by Crippen LogP contribution is -2.50. The topological polar surface area (TPSA) is 58.6 Å². The van der Waals surface area contributed by atoms with Crippen molar-refractivity contribution < 1.29 is 23.1 Å². The van der Waals surface area contributed by atoms with Crippen molar-refractivity contribution in [3.8, 4) is 0 Å². The van der Waals surface area contributed by atoms with Gasteiger partial charge in [0.05, 0.1) is 10.0 Å². The summed E-state index contributed by atoms with van der Waals surface area (Å²) in [6.07, 6.45) is 0.803. The average molecular weight is 419 g/mol. The summed E-state index contributed by atoms with van der Waals surface area (Å²) >= 11 is 2.96. The van der Waals surface area contributed by atoms with Crippen LogP contribution >= 0.6 is 15.9 Å². The number of hydrogen-bond acceptors (Lipinski definition) is 3. The molecule has 0 saturated carbocycles. The van der Waals surface area contributed by atoms with Gasteiger partial charge in [0.25, 0.3) is 5.91 Å². The molecule has 25 heavy (non-hydrogen) atoms. The van der Waals surface area contributed by atoms with Crippen LogP contribution in [0.1, 0.15) is 44.0 Å². The second-order valence-electron chi connectivity index (χ2n) is 6.98. The molecule has 2 rings (SSSR count). The summed E-state index contributed by atoms with van der Waals surface area (Å²) in [7, 11) is 0. The number of ether oxygens (including phenoxy) is 1. The standard InChI is InChI=1S/C17H21BrF2N2O3/c1-17(2,3)25-16(24)21-10-5-4-6-22(9-10)15(23)11-7-12(18)14(20)8-13(11)19/h7-8,10H,4-6,9H2,1-3H3,(H,21,24)/t10-/m1/s1. The first-order valence-corrected chi connectivity index (χ1v) is 8.79. The Morgan fingerprint density at radius 3 is 2.60 bits per heavy atom. The summed E-state index contributed by atoms with van der Waals surface area (Å²) in [6, 6.07) is 1.54. The Balaban J connectivity index is 2.04. The van der Waals surface area contributed by atoms with Crippen LogP contribution in [0.25, 0.3) is 0 Å². The van der Waals surface area contributed by atoms with Crippen molar-refractivity contribution in [3.05, 3.63) is 33.8 Å². The van der Waals surface area contributed by atoms with Crippen LogP contribution in [0, 0.1) is 11.6 Å². The van der Waals surface area contributed by atoms with Gasteiger partial charge >= 0.3 is 6.09 Å². The third-order valence-electron chi connectivity index (χ3n) is 3.67. The summed E-state index contributed by atoms with van der Waals surface area (Å²) in [5, 5.41) is 2.73. The highest BCUT2D eigenvalue weighted by atomic mass is 79.9. The number of piperidine rings is 1. The maximum Gasteiger partial charge on any atom is 0.407 e. The lowest BCUT2D eigenvalue weighted by molar-refractivity contribution is 0.0451. The van der Waals surface area contributed by atoms with E-state index < -0.39 is 29.2 Å². The molecule has 0 radical (unpaired) electrons. The number of benzene rings is 1. The van der Waals surface area contributed by atoms with Gasteiger partial charge in [-0.1, -0.05) is 0 Å². The molecule has 0 spiro atoms. The van der Waals surface area contributed by atoms with Crippen molar-refractivity contribution in [2.75, 3.05) is 13.1 Å². The minimum atomic E-state index is -0.909. The fourth-order valence-corrected chi connectivity index (χ4v) is 2.95. The first-order chi connectivity index (χ1) is 11.6. The van der Waals surface area contributed by atoms with E-state index in [1.165, 1.54) is 4.90 Å². The summed E-state index contributed by atoms with van der Waals surface area (Å²) in [5.74, 6) is -2.21. The quantitative estimate of drug-likeness (QED) is 0.741. The van der Waals surface area contributed by atoms with Gasteiger partial charge in [-0.15, -0.1) is 0 Å². The smallest absolute Gasteiger partial charge is 0.407 e. The fourth-order valence-electron chi connectivity index (χ4n) is 2.61. The number of hydrogen-bond donors (Lipinski definition) is 1. The Bertz CT molecular complexity index is 677. The van der Waals surface area contributed by atoms with E-state index in [9.17, 15) is 18.4 Å². The maximum absolute atomic E-state index is 13.9. The van der Waals surface area contributed by atoms with Gasteiger partial charge < -0.3 is 15.0 Å². The second-order valence-corrected chi connectivity index (χ2v) is 7.84. The Hall–Kier alpha value is -1.70. The van der Waals surface area contributed by atoms with Gasteiger partial charge in [0.1, 0.15) is 17.2 Å². The predicted molar refractivity (Wildman–Crippen MR) is 92.4 cm³/mol. The third-order valence-corrected chi connectivity index (χ3v) is 4.28. The molecule has 8 heteroatoms. The minimum absolute atomic E-state index is 0.0256. The number of rotatable bonds is 2. The lowest BCUT2D eigenvalue weighted by atomic mass is 10.0. The van der Waals surface area contributed by atoms with Crippen LogP contribution in [-0.2, 0) is 4.74 Å². The van der Waals surface area contributed by atoms with Crippen molar-refractivity contribution in [1.29, 1.82) is 0 Å². The van der Waals surface area contributed by atoms with Crippen LogP contribution < -0.4 is 5.32 Å². The summed E-state index contributed by atoms with van der Waals surface area (Å²) in [4.78, 5) is 25.9. The zero-order chi connectivity index (χ0) is 18.8. The molecule has 1 atom stereocenters. The number of alkyl carbamates (subject to hydrolysis) is 1. The number of likely N-dealkylation sites (tertiary alicyclic amines) is 1. The van der Waals surface area contributed by atoms with Gasteiger partial charge in [-0.05, 0) is 55.6 Å². The summed E-state index contributed by atoms with van der Waals surface area (Å²) in [6.45, 7) is 5.97. The first-order valence-electron chi connectivity index (χ1n) is 8.00. The molecule has 1 aliphatic heterocycles. The van der Waals surface area contributed by atoms with E-state index >= 15 is 0 Å². The SMILES string of the molecule is CC(C)(C)OC(=O)N[C@@H]1CCCN(C(=O)c2cc(Br)c(F)cc2F)C1. The first kappa shape index (κ1) is 19.6. The van der Waals surface area contributed by atoms with E-state index in [1.807, 2.05) is 0 Å². The molecule has 1 aromatic rings. The van der Waals surface area contributed by atoms with Crippen LogP contribution in [0.2, 0.25) is 0 Å². The lowest BCUT2D eigenvalue weighted by Gasteiger charge is -2.33. The van der Waals surface area contributed by atoms with Gasteiger partial charge in [-0.2, -0.15) is 0 Å². The molecule has 2 amide bonds. The van der Waals surface area contributed by atoms with E-state index in [0.29, 0.717) is 25.5 Å². The number of nitrogens with one attached hydrogen (secondary N) is 1. The highest BCUT2D eigenvalue weighted by molar-refractivity contribution is 9.10. The second kappa shape index (κ2) is 7.68. The molecule has 1 aromatic carbocycles. The highest BCUT2D eigenvalue weighted by Gasteiger charge is 2.28. The van der Waals surface area contributed by atoms with Crippen molar-refractivity contribution in [2.45, 2.75) is 45.3 Å². The largest absolute Gasteiger partial charge is 0.444 e. The number of halogens is 3. The van der Waals surface area contributed by atoms with Crippen LogP contribution in [0.15, 0.2) is 16.6 Å². The molecule has 1 heterocycles. The predicted octanol–water partition coefficient (Wildman–Crippen LogP) is 3.86. The number of carbonyl (C=O) groups is 2. The van der Waals surface area contributed by atoms with E-state index in [-0.39, 0.29) is 22.6 Å². The molecule has 0 aliphatic carbocycles. The summed E-state index contributed by atoms with van der Waals surface area (Å²) in [5.41, 5.74) is -0.816. The number of carbonyl (C=O) groups excluding carboxylic acids is 2. The highest BCUT2D eigenvalue weighted by Crippen LogP contribution is 2.22. The average Bonchev–Trinajstić information content (AvgIpc) is 2.48. The van der Waals surface area contributed by atoms with Crippen molar-refractivity contribution in [3.63, 3.8) is 0 Å². The Kier molecular flexibility index (Phi) is 6.03. The van der Waals surface area contributed by atoms with Crippen molar-refractivity contribution in [2.24, 2.45) is 0 Å². The molecule has 1 fully saturated rings. The molecule has 138 valence electrons. The van der Waals surface area contributed by atoms with E-state index in [1.54, 1.807) is 20.8 Å². The van der Waals surface area contributed by atoms with E-state index in [2.05, 4.69) is 21.2 Å². The zero-order valence-electron chi connectivity index (χ0n) is 14.4. The van der Waals surface area contributed by atoms with Crippen LogP contribution in [0.3, 0.4) is 0 Å². The maximum atomic E-state index is 13.9. The molecule has 1 saturated heterocycles. The van der Waals surface area contributed by atoms with Crippen molar-refractivity contribution in [1.82, 2.24) is 10.2 Å². The van der Waals surface area contributed by atoms with E-state index in [0.717, 1.165) is 6.07 Å². The molecular formula is C17H21BrF2N2O3. The molecule has 0 aromatic heterocycles. The van der Waals surface area contributed by atoms with Crippen molar-refractivity contribution >= 4 is 27.9 Å². The monoisotopic (exact) mass is 418 g/mol. The van der Waals surface area contributed by atoms with Gasteiger partial charge in [0.15, 0.2) is 0 Å². The third kappa shape index (κ3) is 5.39. The Morgan fingerprint density at radius 2 is 1.96 bits per heavy atom. The van der Waals surface area contributed by atoms with Crippen LogP contribution in [-0.4, -0.2) is 41.6 Å². The van der Waals surface area contributed by atoms with Crippen LogP contribution in [0.5, 0.6) is 0 Å². The zero-order valence-corrected chi connectivity index (χ0v) is 16.0. The number of amides is 2. The Labute approximate surface area is 153 Å². The number of nitrogens with zero attached hydrogens (tertiary/aromatic N) is 1. The fraction of sp³-hybridized carbons (Fsp3) is 0.529. The molecule has 0 unspecified atom stereocenters. The van der Waals surface area contributed by atoms with Gasteiger partial charge in [0.2, 0.25) is 0 Å². The molecule has 1 aliphatic rings. The Morgan fingerprint density at radius 1 is 1.28 bits per heavy atom. The summed E-state index contributed by atoms with van der Waals surface area (Å²) < 4.78 is 32.5. The molecular weight excluding hydrogens is 398 g/mol. The minimum Gasteiger partial charge on any atom is -0.444 e. The molecule has 0 bridgehead atoms. The van der Waals surface area contributed by atoms with Crippen LogP contribution in [0.4, 0.5) is 13.6 Å².